The third-order valence-corrected chi connectivity index (χ3v) is 3.93. The van der Waals surface area contributed by atoms with E-state index in [-0.39, 0.29) is 0 Å². The van der Waals surface area contributed by atoms with Gasteiger partial charge in [-0.2, -0.15) is 4.98 Å². The van der Waals surface area contributed by atoms with Gasteiger partial charge >= 0.3 is 0 Å². The van der Waals surface area contributed by atoms with Crippen LogP contribution in [0.2, 0.25) is 0 Å². The average molecular weight is 365 g/mol. The lowest BCUT2D eigenvalue weighted by Gasteiger charge is -2.12. The van der Waals surface area contributed by atoms with E-state index in [1.807, 2.05) is 49.4 Å². The van der Waals surface area contributed by atoms with Gasteiger partial charge in [-0.05, 0) is 36.8 Å². The summed E-state index contributed by atoms with van der Waals surface area (Å²) < 4.78 is 10.6. The lowest BCUT2D eigenvalue weighted by molar-refractivity contribution is 0.354. The third-order valence-electron chi connectivity index (χ3n) is 3.93. The quantitative estimate of drug-likeness (QED) is 0.633. The van der Waals surface area contributed by atoms with E-state index in [1.165, 1.54) is 0 Å². The molecule has 0 aliphatic heterocycles. The van der Waals surface area contributed by atoms with E-state index in [0.717, 1.165) is 22.8 Å². The molecule has 0 aliphatic rings. The summed E-state index contributed by atoms with van der Waals surface area (Å²) in [4.78, 5) is 13.2. The summed E-state index contributed by atoms with van der Waals surface area (Å²) in [7, 11) is 3.25. The van der Waals surface area contributed by atoms with Crippen molar-refractivity contribution in [2.24, 2.45) is 0 Å². The molecule has 2 heterocycles. The van der Waals surface area contributed by atoms with Gasteiger partial charge in [0, 0.05) is 24.5 Å². The molecule has 3 aromatic rings. The lowest BCUT2D eigenvalue weighted by Crippen LogP contribution is -2.08. The number of pyridine rings is 1. The molecule has 2 N–H and O–H groups in total. The molecule has 0 atom stereocenters. The highest BCUT2D eigenvalue weighted by molar-refractivity contribution is 5.46. The van der Waals surface area contributed by atoms with Gasteiger partial charge in [0.15, 0.2) is 11.5 Å². The molecule has 2 aromatic heterocycles. The largest absolute Gasteiger partial charge is 0.493 e. The maximum atomic E-state index is 5.35. The molecule has 0 bridgehead atoms. The predicted octanol–water partition coefficient (Wildman–Crippen LogP) is 3.42. The van der Waals surface area contributed by atoms with Crippen molar-refractivity contribution < 1.29 is 9.47 Å². The van der Waals surface area contributed by atoms with Crippen molar-refractivity contribution in [1.29, 1.82) is 0 Å². The van der Waals surface area contributed by atoms with Crippen LogP contribution >= 0.6 is 0 Å². The summed E-state index contributed by atoms with van der Waals surface area (Å²) in [6.45, 7) is 3.12. The van der Waals surface area contributed by atoms with Crippen LogP contribution in [0.15, 0.2) is 48.7 Å². The zero-order valence-electron chi connectivity index (χ0n) is 15.7. The first kappa shape index (κ1) is 18.4. The van der Waals surface area contributed by atoms with E-state index in [0.29, 0.717) is 30.5 Å². The van der Waals surface area contributed by atoms with Crippen molar-refractivity contribution in [3.63, 3.8) is 0 Å². The van der Waals surface area contributed by atoms with Gasteiger partial charge in [0.05, 0.1) is 26.5 Å². The molecule has 0 fully saturated rings. The van der Waals surface area contributed by atoms with Crippen LogP contribution in [0.4, 0.5) is 11.8 Å². The Morgan fingerprint density at radius 2 is 1.74 bits per heavy atom. The van der Waals surface area contributed by atoms with Gasteiger partial charge in [0.2, 0.25) is 5.95 Å². The summed E-state index contributed by atoms with van der Waals surface area (Å²) in [5.74, 6) is 2.73. The SMILES string of the molecule is COc1ccc(CNc2cc(C)nc(NCc3ccccn3)n2)cc1OC. The second kappa shape index (κ2) is 8.84. The zero-order chi connectivity index (χ0) is 19.1. The van der Waals surface area contributed by atoms with Crippen molar-refractivity contribution in [1.82, 2.24) is 15.0 Å². The summed E-state index contributed by atoms with van der Waals surface area (Å²) in [5, 5.41) is 6.54. The number of aryl methyl sites for hydroxylation is 1. The first-order chi connectivity index (χ1) is 13.2. The molecule has 3 rings (SSSR count). The highest BCUT2D eigenvalue weighted by Gasteiger charge is 2.06. The highest BCUT2D eigenvalue weighted by atomic mass is 16.5. The van der Waals surface area contributed by atoms with Crippen LogP contribution in [0.1, 0.15) is 17.0 Å². The van der Waals surface area contributed by atoms with Gasteiger partial charge in [-0.1, -0.05) is 12.1 Å². The molecule has 0 saturated heterocycles. The van der Waals surface area contributed by atoms with Gasteiger partial charge in [0.25, 0.3) is 0 Å². The molecule has 7 nitrogen and oxygen atoms in total. The number of methoxy groups -OCH3 is 2. The molecule has 0 radical (unpaired) electrons. The van der Waals surface area contributed by atoms with Crippen LogP contribution in [-0.2, 0) is 13.1 Å². The number of anilines is 2. The fraction of sp³-hybridized carbons (Fsp3) is 0.250. The van der Waals surface area contributed by atoms with E-state index < -0.39 is 0 Å². The minimum absolute atomic E-state index is 0.565. The minimum atomic E-state index is 0.565. The van der Waals surface area contributed by atoms with Gasteiger partial charge in [0.1, 0.15) is 5.82 Å². The second-order valence-electron chi connectivity index (χ2n) is 5.94. The number of nitrogens with zero attached hydrogens (tertiary/aromatic N) is 3. The maximum absolute atomic E-state index is 5.35. The number of hydrogen-bond acceptors (Lipinski definition) is 7. The first-order valence-corrected chi connectivity index (χ1v) is 8.62. The van der Waals surface area contributed by atoms with Gasteiger partial charge < -0.3 is 20.1 Å². The summed E-state index contributed by atoms with van der Waals surface area (Å²) in [5.41, 5.74) is 2.87. The number of ether oxygens (including phenoxy) is 2. The summed E-state index contributed by atoms with van der Waals surface area (Å²) in [6.07, 6.45) is 1.77. The van der Waals surface area contributed by atoms with Crippen LogP contribution < -0.4 is 20.1 Å². The number of hydrogen-bond donors (Lipinski definition) is 2. The van der Waals surface area contributed by atoms with Gasteiger partial charge in [-0.25, -0.2) is 4.98 Å². The Bertz CT molecular complexity index is 887. The topological polar surface area (TPSA) is 81.2 Å². The third kappa shape index (κ3) is 5.07. The molecule has 0 spiro atoms. The Morgan fingerprint density at radius 1 is 0.889 bits per heavy atom. The van der Waals surface area contributed by atoms with Crippen LogP contribution in [0.5, 0.6) is 11.5 Å². The zero-order valence-corrected chi connectivity index (χ0v) is 15.7. The normalized spacial score (nSPS) is 10.3. The van der Waals surface area contributed by atoms with Crippen molar-refractivity contribution in [3.8, 4) is 11.5 Å². The number of rotatable bonds is 8. The van der Waals surface area contributed by atoms with Crippen molar-refractivity contribution >= 4 is 11.8 Å². The second-order valence-corrected chi connectivity index (χ2v) is 5.94. The van der Waals surface area contributed by atoms with Crippen LogP contribution in [0.25, 0.3) is 0 Å². The van der Waals surface area contributed by atoms with Crippen molar-refractivity contribution in [2.75, 3.05) is 24.9 Å². The minimum Gasteiger partial charge on any atom is -0.493 e. The highest BCUT2D eigenvalue weighted by Crippen LogP contribution is 2.27. The smallest absolute Gasteiger partial charge is 0.225 e. The van der Waals surface area contributed by atoms with E-state index in [2.05, 4.69) is 25.6 Å². The number of aromatic nitrogens is 3. The molecule has 27 heavy (non-hydrogen) atoms. The van der Waals surface area contributed by atoms with E-state index in [9.17, 15) is 0 Å². The van der Waals surface area contributed by atoms with Crippen LogP contribution in [-0.4, -0.2) is 29.2 Å². The summed E-state index contributed by atoms with van der Waals surface area (Å²) >= 11 is 0. The molecule has 140 valence electrons. The Kier molecular flexibility index (Phi) is 6.04. The van der Waals surface area contributed by atoms with Crippen LogP contribution in [0.3, 0.4) is 0 Å². The Morgan fingerprint density at radius 3 is 2.48 bits per heavy atom. The molecular weight excluding hydrogens is 342 g/mol. The first-order valence-electron chi connectivity index (χ1n) is 8.62. The van der Waals surface area contributed by atoms with E-state index in [1.54, 1.807) is 20.4 Å². The predicted molar refractivity (Wildman–Crippen MR) is 105 cm³/mol. The molecule has 0 unspecified atom stereocenters. The summed E-state index contributed by atoms with van der Waals surface area (Å²) in [6, 6.07) is 13.5. The molecular formula is C20H23N5O2. The maximum Gasteiger partial charge on any atom is 0.225 e. The molecule has 7 heteroatoms. The average Bonchev–Trinajstić information content (AvgIpc) is 2.71. The van der Waals surface area contributed by atoms with E-state index >= 15 is 0 Å². The molecule has 1 aromatic carbocycles. The standard InChI is InChI=1S/C20H23N5O2/c1-14-10-19(22-12-15-7-8-17(26-2)18(11-15)27-3)25-20(24-14)23-13-16-6-4-5-9-21-16/h4-11H,12-13H2,1-3H3,(H2,22,23,24,25). The van der Waals surface area contributed by atoms with Gasteiger partial charge in [-0.3, -0.25) is 4.98 Å². The fourth-order valence-electron chi connectivity index (χ4n) is 2.59. The van der Waals surface area contributed by atoms with Crippen molar-refractivity contribution in [3.05, 3.63) is 65.6 Å². The monoisotopic (exact) mass is 365 g/mol. The van der Waals surface area contributed by atoms with Crippen molar-refractivity contribution in [2.45, 2.75) is 20.0 Å². The number of benzene rings is 1. The number of nitrogens with one attached hydrogen (secondary N) is 2. The van der Waals surface area contributed by atoms with Gasteiger partial charge in [-0.15, -0.1) is 0 Å². The fourth-order valence-corrected chi connectivity index (χ4v) is 2.59. The Labute approximate surface area is 158 Å². The Hall–Kier alpha value is -3.35. The lowest BCUT2D eigenvalue weighted by atomic mass is 10.2. The molecule has 0 aliphatic carbocycles. The molecule has 0 saturated carbocycles. The van der Waals surface area contributed by atoms with Crippen LogP contribution in [0, 0.1) is 6.92 Å². The molecule has 0 amide bonds. The Balaban J connectivity index is 1.65. The van der Waals surface area contributed by atoms with E-state index in [4.69, 9.17) is 9.47 Å².